The van der Waals surface area contributed by atoms with Crippen molar-refractivity contribution < 1.29 is 19.1 Å². The van der Waals surface area contributed by atoms with Crippen molar-refractivity contribution in [2.24, 2.45) is 29.1 Å². The highest BCUT2D eigenvalue weighted by Crippen LogP contribution is 2.60. The molecule has 3 fully saturated rings. The van der Waals surface area contributed by atoms with Crippen LogP contribution in [0.1, 0.15) is 52.4 Å². The molecule has 1 aliphatic heterocycles. The standard InChI is InChI=1S/C17H24O4/c1-10(4-3-7-18)12-9-13(19)16-11-8-15(20)21-14(11)5-6-17(12,16)2/h7,10-12,14,16H,3-6,8-9H2,1-2H3/t10-,11+,12-,14+,16+,17-/m1/s1. The molecule has 0 radical (unpaired) electrons. The molecule has 1 saturated heterocycles. The second-order valence-electron chi connectivity index (χ2n) is 7.42. The zero-order chi connectivity index (χ0) is 15.2. The Kier molecular flexibility index (Phi) is 3.66. The molecule has 4 heteroatoms. The molecule has 1 heterocycles. The summed E-state index contributed by atoms with van der Waals surface area (Å²) in [7, 11) is 0. The fraction of sp³-hybridized carbons (Fsp3) is 0.824. The Balaban J connectivity index is 1.84. The lowest BCUT2D eigenvalue weighted by Gasteiger charge is -2.45. The van der Waals surface area contributed by atoms with Crippen LogP contribution in [-0.2, 0) is 19.1 Å². The summed E-state index contributed by atoms with van der Waals surface area (Å²) in [4.78, 5) is 34.8. The topological polar surface area (TPSA) is 60.4 Å². The Morgan fingerprint density at radius 3 is 2.86 bits per heavy atom. The van der Waals surface area contributed by atoms with Crippen molar-refractivity contribution in [1.29, 1.82) is 0 Å². The Labute approximate surface area is 125 Å². The summed E-state index contributed by atoms with van der Waals surface area (Å²) >= 11 is 0. The van der Waals surface area contributed by atoms with Crippen molar-refractivity contribution >= 4 is 18.0 Å². The van der Waals surface area contributed by atoms with E-state index in [1.807, 2.05) is 0 Å². The highest BCUT2D eigenvalue weighted by molar-refractivity contribution is 5.86. The number of hydrogen-bond acceptors (Lipinski definition) is 4. The van der Waals surface area contributed by atoms with E-state index < -0.39 is 0 Å². The van der Waals surface area contributed by atoms with Crippen LogP contribution in [0.3, 0.4) is 0 Å². The van der Waals surface area contributed by atoms with Gasteiger partial charge in [-0.2, -0.15) is 0 Å². The van der Waals surface area contributed by atoms with Crippen LogP contribution >= 0.6 is 0 Å². The van der Waals surface area contributed by atoms with Gasteiger partial charge in [0.1, 0.15) is 18.2 Å². The average molecular weight is 292 g/mol. The SMILES string of the molecule is C[C@H](CCC=O)[C@H]1CC(=O)[C@@H]2[C@H]3CC(=O)O[C@H]3CC[C@]12C. The molecule has 6 atom stereocenters. The second kappa shape index (κ2) is 5.22. The first-order valence-corrected chi connectivity index (χ1v) is 8.13. The number of carbonyl (C=O) groups excluding carboxylic acids is 3. The summed E-state index contributed by atoms with van der Waals surface area (Å²) in [5.74, 6) is 0.960. The van der Waals surface area contributed by atoms with Crippen molar-refractivity contribution in [2.45, 2.75) is 58.5 Å². The van der Waals surface area contributed by atoms with Crippen molar-refractivity contribution in [3.05, 3.63) is 0 Å². The lowest BCUT2D eigenvalue weighted by atomic mass is 9.58. The van der Waals surface area contributed by atoms with E-state index in [0.29, 0.717) is 36.9 Å². The van der Waals surface area contributed by atoms with Gasteiger partial charge >= 0.3 is 5.97 Å². The number of aldehydes is 1. The van der Waals surface area contributed by atoms with Crippen LogP contribution in [0.2, 0.25) is 0 Å². The van der Waals surface area contributed by atoms with Crippen LogP contribution in [0.4, 0.5) is 0 Å². The number of esters is 1. The maximum atomic E-state index is 12.6. The van der Waals surface area contributed by atoms with Gasteiger partial charge in [-0.15, -0.1) is 0 Å². The van der Waals surface area contributed by atoms with E-state index in [9.17, 15) is 14.4 Å². The largest absolute Gasteiger partial charge is 0.462 e. The van der Waals surface area contributed by atoms with Crippen LogP contribution in [0.5, 0.6) is 0 Å². The maximum Gasteiger partial charge on any atom is 0.306 e. The number of ketones is 1. The maximum absolute atomic E-state index is 12.6. The zero-order valence-electron chi connectivity index (χ0n) is 12.8. The molecule has 0 bridgehead atoms. The molecule has 0 amide bonds. The van der Waals surface area contributed by atoms with Crippen LogP contribution in [0.15, 0.2) is 0 Å². The smallest absolute Gasteiger partial charge is 0.306 e. The third kappa shape index (κ3) is 2.23. The van der Waals surface area contributed by atoms with Gasteiger partial charge in [-0.05, 0) is 36.5 Å². The van der Waals surface area contributed by atoms with Gasteiger partial charge in [-0.3, -0.25) is 9.59 Å². The Morgan fingerprint density at radius 1 is 1.38 bits per heavy atom. The van der Waals surface area contributed by atoms with Crippen LogP contribution in [-0.4, -0.2) is 24.1 Å². The van der Waals surface area contributed by atoms with Gasteiger partial charge in [-0.25, -0.2) is 0 Å². The molecule has 0 N–H and O–H groups in total. The predicted octanol–water partition coefficient (Wildman–Crippen LogP) is 2.54. The lowest BCUT2D eigenvalue weighted by Crippen LogP contribution is -2.45. The van der Waals surface area contributed by atoms with Crippen LogP contribution in [0.25, 0.3) is 0 Å². The molecule has 2 aliphatic carbocycles. The number of Topliss-reactive ketones (excluding diaryl/α,β-unsaturated/α-hetero) is 1. The van der Waals surface area contributed by atoms with Crippen molar-refractivity contribution in [3.8, 4) is 0 Å². The molecule has 3 aliphatic rings. The first-order valence-electron chi connectivity index (χ1n) is 8.13. The van der Waals surface area contributed by atoms with E-state index in [0.717, 1.165) is 25.5 Å². The van der Waals surface area contributed by atoms with Crippen LogP contribution in [0, 0.1) is 29.1 Å². The quantitative estimate of drug-likeness (QED) is 0.590. The summed E-state index contributed by atoms with van der Waals surface area (Å²) < 4.78 is 5.39. The average Bonchev–Trinajstić information content (AvgIpc) is 2.93. The molecular formula is C17H24O4. The van der Waals surface area contributed by atoms with Gasteiger partial charge in [-0.1, -0.05) is 13.8 Å². The Morgan fingerprint density at radius 2 is 2.14 bits per heavy atom. The van der Waals surface area contributed by atoms with Gasteiger partial charge in [0.15, 0.2) is 0 Å². The number of hydrogen-bond donors (Lipinski definition) is 0. The highest BCUT2D eigenvalue weighted by atomic mass is 16.5. The summed E-state index contributed by atoms with van der Waals surface area (Å²) in [6, 6.07) is 0. The van der Waals surface area contributed by atoms with Crippen molar-refractivity contribution in [1.82, 2.24) is 0 Å². The molecule has 116 valence electrons. The number of carbonyl (C=O) groups is 3. The summed E-state index contributed by atoms with van der Waals surface area (Å²) in [6.45, 7) is 4.39. The molecule has 3 rings (SSSR count). The molecule has 0 spiro atoms. The highest BCUT2D eigenvalue weighted by Gasteiger charge is 2.61. The lowest BCUT2D eigenvalue weighted by molar-refractivity contribution is -0.144. The predicted molar refractivity (Wildman–Crippen MR) is 76.4 cm³/mol. The van der Waals surface area contributed by atoms with Crippen molar-refractivity contribution in [2.75, 3.05) is 0 Å². The number of rotatable bonds is 4. The van der Waals surface area contributed by atoms with E-state index in [-0.39, 0.29) is 29.3 Å². The molecule has 2 saturated carbocycles. The van der Waals surface area contributed by atoms with Gasteiger partial charge in [0.2, 0.25) is 0 Å². The Bertz CT molecular complexity index is 471. The van der Waals surface area contributed by atoms with E-state index in [1.54, 1.807) is 0 Å². The molecule has 0 unspecified atom stereocenters. The molecule has 21 heavy (non-hydrogen) atoms. The molecule has 0 aromatic rings. The molecule has 4 nitrogen and oxygen atoms in total. The molecule has 0 aromatic carbocycles. The Hall–Kier alpha value is -1.19. The number of ether oxygens (including phenoxy) is 1. The third-order valence-electron chi connectivity index (χ3n) is 6.31. The van der Waals surface area contributed by atoms with E-state index in [2.05, 4.69) is 13.8 Å². The zero-order valence-corrected chi connectivity index (χ0v) is 12.8. The first kappa shape index (κ1) is 14.7. The monoisotopic (exact) mass is 292 g/mol. The van der Waals surface area contributed by atoms with Gasteiger partial charge < -0.3 is 9.53 Å². The summed E-state index contributed by atoms with van der Waals surface area (Å²) in [5.41, 5.74) is -0.0193. The minimum Gasteiger partial charge on any atom is -0.462 e. The normalized spacial score (nSPS) is 43.1. The third-order valence-corrected chi connectivity index (χ3v) is 6.31. The molecule has 0 aromatic heterocycles. The van der Waals surface area contributed by atoms with E-state index >= 15 is 0 Å². The van der Waals surface area contributed by atoms with E-state index in [1.165, 1.54) is 0 Å². The fourth-order valence-electron chi connectivity index (χ4n) is 5.31. The second-order valence-corrected chi connectivity index (χ2v) is 7.42. The van der Waals surface area contributed by atoms with E-state index in [4.69, 9.17) is 4.74 Å². The van der Waals surface area contributed by atoms with Crippen LogP contribution < -0.4 is 0 Å². The van der Waals surface area contributed by atoms with Gasteiger partial charge in [0, 0.05) is 24.7 Å². The minimum atomic E-state index is -0.139. The minimum absolute atomic E-state index is 0.0193. The van der Waals surface area contributed by atoms with Gasteiger partial charge in [0.25, 0.3) is 0 Å². The molecular weight excluding hydrogens is 268 g/mol. The van der Waals surface area contributed by atoms with Crippen molar-refractivity contribution in [3.63, 3.8) is 0 Å². The fourth-order valence-corrected chi connectivity index (χ4v) is 5.31. The summed E-state index contributed by atoms with van der Waals surface area (Å²) in [5, 5.41) is 0. The summed E-state index contributed by atoms with van der Waals surface area (Å²) in [6.07, 6.45) is 5.20. The van der Waals surface area contributed by atoms with Gasteiger partial charge in [0.05, 0.1) is 6.42 Å². The first-order chi connectivity index (χ1) is 9.97. The number of fused-ring (bicyclic) bond motifs is 3.